The van der Waals surface area contributed by atoms with E-state index < -0.39 is 10.8 Å². The third-order valence-corrected chi connectivity index (χ3v) is 3.67. The van der Waals surface area contributed by atoms with Crippen molar-refractivity contribution in [2.24, 2.45) is 0 Å². The largest absolute Gasteiger partial charge is 0.506 e. The Bertz CT molecular complexity index is 954. The highest BCUT2D eigenvalue weighted by atomic mass is 35.5. The van der Waals surface area contributed by atoms with Crippen LogP contribution in [0.25, 0.3) is 0 Å². The van der Waals surface area contributed by atoms with Crippen LogP contribution >= 0.6 is 23.2 Å². The predicted octanol–water partition coefficient (Wildman–Crippen LogP) is 4.07. The SMILES string of the molecule is N#C/C(=C/Nc1cc(Cl)ccc1O)C(=O)Nc1cc([N+](=O)[O-])ccc1Cl. The van der Waals surface area contributed by atoms with Crippen molar-refractivity contribution in [3.8, 4) is 11.8 Å². The van der Waals surface area contributed by atoms with E-state index >= 15 is 0 Å². The van der Waals surface area contributed by atoms with Gasteiger partial charge in [-0.25, -0.2) is 0 Å². The number of hydrogen-bond donors (Lipinski definition) is 3. The third-order valence-electron chi connectivity index (χ3n) is 3.10. The summed E-state index contributed by atoms with van der Waals surface area (Å²) in [5.41, 5.74) is -0.454. The van der Waals surface area contributed by atoms with Gasteiger partial charge < -0.3 is 15.7 Å². The normalized spacial score (nSPS) is 10.7. The first-order valence-corrected chi connectivity index (χ1v) is 7.68. The Hall–Kier alpha value is -3.28. The first kappa shape index (κ1) is 19.1. The molecule has 0 fully saturated rings. The number of rotatable bonds is 5. The minimum Gasteiger partial charge on any atom is -0.506 e. The van der Waals surface area contributed by atoms with Crippen LogP contribution in [0, 0.1) is 21.4 Å². The highest BCUT2D eigenvalue weighted by Crippen LogP contribution is 2.28. The molecule has 132 valence electrons. The molecule has 26 heavy (non-hydrogen) atoms. The fourth-order valence-electron chi connectivity index (χ4n) is 1.83. The number of nitrogens with zero attached hydrogens (tertiary/aromatic N) is 2. The van der Waals surface area contributed by atoms with Crippen LogP contribution in [0.15, 0.2) is 48.2 Å². The van der Waals surface area contributed by atoms with Gasteiger partial charge in [-0.15, -0.1) is 0 Å². The first-order chi connectivity index (χ1) is 12.3. The van der Waals surface area contributed by atoms with Crippen molar-refractivity contribution in [1.29, 1.82) is 5.26 Å². The smallest absolute Gasteiger partial charge is 0.271 e. The van der Waals surface area contributed by atoms with Crippen LogP contribution in [0.3, 0.4) is 0 Å². The van der Waals surface area contributed by atoms with Crippen molar-refractivity contribution in [2.75, 3.05) is 10.6 Å². The minimum atomic E-state index is -0.844. The highest BCUT2D eigenvalue weighted by molar-refractivity contribution is 6.34. The minimum absolute atomic E-state index is 0.0161. The number of amides is 1. The van der Waals surface area contributed by atoms with Crippen LogP contribution in [-0.2, 0) is 4.79 Å². The van der Waals surface area contributed by atoms with Gasteiger partial charge in [0.15, 0.2) is 0 Å². The number of halogens is 2. The van der Waals surface area contributed by atoms with E-state index in [9.17, 15) is 20.0 Å². The Labute approximate surface area is 157 Å². The monoisotopic (exact) mass is 392 g/mol. The lowest BCUT2D eigenvalue weighted by atomic mass is 10.2. The number of non-ortho nitro benzene ring substituents is 1. The molecule has 0 aliphatic carbocycles. The molecule has 10 heteroatoms. The number of hydrogen-bond acceptors (Lipinski definition) is 6. The van der Waals surface area contributed by atoms with E-state index in [0.29, 0.717) is 5.02 Å². The fraction of sp³-hybridized carbons (Fsp3) is 0. The predicted molar refractivity (Wildman–Crippen MR) is 97.2 cm³/mol. The summed E-state index contributed by atoms with van der Waals surface area (Å²) in [7, 11) is 0. The van der Waals surface area contributed by atoms with Crippen LogP contribution in [0.5, 0.6) is 5.75 Å². The molecule has 0 bridgehead atoms. The molecule has 3 N–H and O–H groups in total. The summed E-state index contributed by atoms with van der Waals surface area (Å²) in [4.78, 5) is 22.3. The summed E-state index contributed by atoms with van der Waals surface area (Å²) in [6.45, 7) is 0. The van der Waals surface area contributed by atoms with E-state index in [1.807, 2.05) is 0 Å². The van der Waals surface area contributed by atoms with Crippen LogP contribution < -0.4 is 10.6 Å². The molecule has 8 nitrogen and oxygen atoms in total. The molecule has 0 unspecified atom stereocenters. The second-order valence-electron chi connectivity index (χ2n) is 4.85. The number of phenols is 1. The molecule has 0 spiro atoms. The van der Waals surface area contributed by atoms with Crippen molar-refractivity contribution in [2.45, 2.75) is 0 Å². The number of carbonyl (C=O) groups excluding carboxylic acids is 1. The zero-order chi connectivity index (χ0) is 19.3. The third kappa shape index (κ3) is 4.63. The van der Waals surface area contributed by atoms with Crippen LogP contribution in [0.2, 0.25) is 10.0 Å². The number of phenolic OH excluding ortho intramolecular Hbond substituents is 1. The zero-order valence-electron chi connectivity index (χ0n) is 12.9. The molecule has 1 amide bonds. The lowest BCUT2D eigenvalue weighted by Gasteiger charge is -2.08. The standard InChI is InChI=1S/C16H10Cl2N4O4/c17-10-1-4-15(23)14(5-10)20-8-9(7-19)16(24)21-13-6-11(22(25)26)2-3-12(13)18/h1-6,8,20,23H,(H,21,24)/b9-8-. The fourth-order valence-corrected chi connectivity index (χ4v) is 2.17. The van der Waals surface area contributed by atoms with Crippen molar-refractivity contribution < 1.29 is 14.8 Å². The maximum Gasteiger partial charge on any atom is 0.271 e. The van der Waals surface area contributed by atoms with Crippen LogP contribution in [0.4, 0.5) is 17.1 Å². The molecule has 0 aliphatic heterocycles. The lowest BCUT2D eigenvalue weighted by Crippen LogP contribution is -2.15. The van der Waals surface area contributed by atoms with Gasteiger partial charge in [0.1, 0.15) is 17.4 Å². The molecular weight excluding hydrogens is 383 g/mol. The number of nitrogens with one attached hydrogen (secondary N) is 2. The van der Waals surface area contributed by atoms with Crippen molar-refractivity contribution in [3.63, 3.8) is 0 Å². The van der Waals surface area contributed by atoms with Gasteiger partial charge in [-0.1, -0.05) is 23.2 Å². The van der Waals surface area contributed by atoms with E-state index in [1.54, 1.807) is 6.07 Å². The van der Waals surface area contributed by atoms with Gasteiger partial charge in [0.25, 0.3) is 11.6 Å². The van der Waals surface area contributed by atoms with Crippen LogP contribution in [-0.4, -0.2) is 15.9 Å². The van der Waals surface area contributed by atoms with Gasteiger partial charge in [0.2, 0.25) is 0 Å². The molecule has 2 aromatic carbocycles. The lowest BCUT2D eigenvalue weighted by molar-refractivity contribution is -0.384. The van der Waals surface area contributed by atoms with E-state index in [-0.39, 0.29) is 33.4 Å². The Kier molecular flexibility index (Phi) is 6.01. The van der Waals surface area contributed by atoms with Gasteiger partial charge in [-0.2, -0.15) is 5.26 Å². The van der Waals surface area contributed by atoms with Crippen molar-refractivity contribution >= 4 is 46.2 Å². The van der Waals surface area contributed by atoms with Gasteiger partial charge in [-0.05, 0) is 24.3 Å². The first-order valence-electron chi connectivity index (χ1n) is 6.92. The maximum absolute atomic E-state index is 12.2. The molecule has 0 aromatic heterocycles. The Morgan fingerprint density at radius 1 is 1.23 bits per heavy atom. The highest BCUT2D eigenvalue weighted by Gasteiger charge is 2.15. The number of anilines is 2. The van der Waals surface area contributed by atoms with E-state index in [1.165, 1.54) is 30.3 Å². The molecule has 0 aliphatic rings. The van der Waals surface area contributed by atoms with Gasteiger partial charge in [0.05, 0.1) is 21.3 Å². The van der Waals surface area contributed by atoms with Crippen LogP contribution in [0.1, 0.15) is 0 Å². The molecule has 2 aromatic rings. The molecule has 0 radical (unpaired) electrons. The van der Waals surface area contributed by atoms with E-state index in [4.69, 9.17) is 28.5 Å². The number of benzene rings is 2. The summed E-state index contributed by atoms with van der Waals surface area (Å²) in [5, 5.41) is 35.0. The van der Waals surface area contributed by atoms with Gasteiger partial charge in [0, 0.05) is 23.4 Å². The quantitative estimate of drug-likeness (QED) is 0.231. The summed E-state index contributed by atoms with van der Waals surface area (Å²) in [6.07, 6.45) is 1.06. The van der Waals surface area contributed by atoms with Gasteiger partial charge in [-0.3, -0.25) is 14.9 Å². The number of nitro groups is 1. The topological polar surface area (TPSA) is 128 Å². The number of nitro benzene ring substituents is 1. The van der Waals surface area contributed by atoms with Crippen molar-refractivity contribution in [1.82, 2.24) is 0 Å². The summed E-state index contributed by atoms with van der Waals surface area (Å²) in [6, 6.07) is 9.40. The second-order valence-corrected chi connectivity index (χ2v) is 5.69. The van der Waals surface area contributed by atoms with Crippen molar-refractivity contribution in [3.05, 3.63) is 68.3 Å². The number of nitriles is 1. The Morgan fingerprint density at radius 3 is 2.62 bits per heavy atom. The summed E-state index contributed by atoms with van der Waals surface area (Å²) >= 11 is 11.7. The molecular formula is C16H10Cl2N4O4. The van der Waals surface area contributed by atoms with E-state index in [0.717, 1.165) is 12.3 Å². The molecule has 2 rings (SSSR count). The van der Waals surface area contributed by atoms with E-state index in [2.05, 4.69) is 10.6 Å². The number of aromatic hydroxyl groups is 1. The average molecular weight is 393 g/mol. The molecule has 0 heterocycles. The number of carbonyl (C=O) groups is 1. The summed E-state index contributed by atoms with van der Waals surface area (Å²) in [5.74, 6) is -0.978. The molecule has 0 saturated carbocycles. The molecule has 0 atom stereocenters. The van der Waals surface area contributed by atoms with Gasteiger partial charge >= 0.3 is 0 Å². The zero-order valence-corrected chi connectivity index (χ0v) is 14.4. The molecule has 0 saturated heterocycles. The maximum atomic E-state index is 12.2. The second kappa shape index (κ2) is 8.20. The Morgan fingerprint density at radius 2 is 1.96 bits per heavy atom. The summed E-state index contributed by atoms with van der Waals surface area (Å²) < 4.78 is 0. The average Bonchev–Trinajstić information content (AvgIpc) is 2.60. The Balaban J connectivity index is 2.21.